The molecule has 118 valence electrons. The molecule has 0 aliphatic rings. The van der Waals surface area contributed by atoms with Gasteiger partial charge in [-0.15, -0.1) is 0 Å². The lowest BCUT2D eigenvalue weighted by Gasteiger charge is -2.27. The molecule has 0 saturated heterocycles. The first-order valence-electron chi connectivity index (χ1n) is 7.45. The second kappa shape index (κ2) is 7.69. The summed E-state index contributed by atoms with van der Waals surface area (Å²) in [5, 5.41) is 3.77. The molecule has 1 aromatic carbocycles. The summed E-state index contributed by atoms with van der Waals surface area (Å²) in [5.41, 5.74) is 0.934. The summed E-state index contributed by atoms with van der Waals surface area (Å²) in [6.07, 6.45) is -0.537. The molecule has 0 saturated carbocycles. The number of nitrogens with one attached hydrogen (secondary N) is 1. The Bertz CT molecular complexity index is 478. The predicted octanol–water partition coefficient (Wildman–Crippen LogP) is 4.21. The van der Waals surface area contributed by atoms with Gasteiger partial charge in [0.1, 0.15) is 5.75 Å². The van der Waals surface area contributed by atoms with Gasteiger partial charge in [-0.3, -0.25) is 4.79 Å². The van der Waals surface area contributed by atoms with Crippen molar-refractivity contribution in [3.63, 3.8) is 0 Å². The number of amides is 1. The monoisotopic (exact) mass is 311 g/mol. The number of benzene rings is 1. The van der Waals surface area contributed by atoms with E-state index >= 15 is 0 Å². The maximum atomic E-state index is 12.3. The van der Waals surface area contributed by atoms with Crippen LogP contribution in [0.4, 0.5) is 0 Å². The van der Waals surface area contributed by atoms with Crippen LogP contribution in [0.25, 0.3) is 0 Å². The molecule has 0 fully saturated rings. The van der Waals surface area contributed by atoms with Gasteiger partial charge in [-0.2, -0.15) is 0 Å². The van der Waals surface area contributed by atoms with Gasteiger partial charge in [0.15, 0.2) is 6.10 Å². The lowest BCUT2D eigenvalue weighted by molar-refractivity contribution is -0.128. The van der Waals surface area contributed by atoms with Crippen LogP contribution in [0, 0.1) is 18.8 Å². The van der Waals surface area contributed by atoms with Gasteiger partial charge in [0.25, 0.3) is 5.91 Å². The summed E-state index contributed by atoms with van der Waals surface area (Å²) >= 11 is 5.98. The highest BCUT2D eigenvalue weighted by Crippen LogP contribution is 2.22. The average Bonchev–Trinajstić information content (AvgIpc) is 2.39. The van der Waals surface area contributed by atoms with Crippen molar-refractivity contribution >= 4 is 17.5 Å². The first kappa shape index (κ1) is 17.8. The highest BCUT2D eigenvalue weighted by atomic mass is 35.5. The maximum absolute atomic E-state index is 12.3. The van der Waals surface area contributed by atoms with Crippen LogP contribution in [0.15, 0.2) is 18.2 Å². The van der Waals surface area contributed by atoms with Crippen LogP contribution < -0.4 is 10.1 Å². The molecule has 0 aliphatic carbocycles. The minimum absolute atomic E-state index is 0.0880. The van der Waals surface area contributed by atoms with Crippen molar-refractivity contribution in [1.29, 1.82) is 0 Å². The average molecular weight is 312 g/mol. The molecule has 1 N–H and O–H groups in total. The Morgan fingerprint density at radius 1 is 1.14 bits per heavy atom. The standard InChI is InChI=1S/C17H26ClNO2/c1-10(2)16(11(3)4)19-17(20)13(6)21-14-7-8-15(18)12(5)9-14/h7-11,13,16H,1-6H3,(H,19,20)/t13-/m1/s1. The zero-order chi connectivity index (χ0) is 16.2. The fourth-order valence-corrected chi connectivity index (χ4v) is 2.45. The van der Waals surface area contributed by atoms with E-state index in [2.05, 4.69) is 33.0 Å². The summed E-state index contributed by atoms with van der Waals surface area (Å²) in [7, 11) is 0. The zero-order valence-electron chi connectivity index (χ0n) is 13.7. The summed E-state index contributed by atoms with van der Waals surface area (Å²) in [6, 6.07) is 5.55. The van der Waals surface area contributed by atoms with Crippen LogP contribution in [-0.2, 0) is 4.79 Å². The molecule has 4 heteroatoms. The Balaban J connectivity index is 2.67. The number of carbonyl (C=O) groups excluding carboxylic acids is 1. The molecule has 1 rings (SSSR count). The van der Waals surface area contributed by atoms with Crippen molar-refractivity contribution in [3.05, 3.63) is 28.8 Å². The lowest BCUT2D eigenvalue weighted by Crippen LogP contribution is -2.47. The first-order chi connectivity index (χ1) is 9.72. The SMILES string of the molecule is Cc1cc(O[C@H](C)C(=O)NC(C(C)C)C(C)C)ccc1Cl. The molecule has 0 radical (unpaired) electrons. The second-order valence-corrected chi connectivity index (χ2v) is 6.60. The van der Waals surface area contributed by atoms with E-state index in [0.29, 0.717) is 22.6 Å². The zero-order valence-corrected chi connectivity index (χ0v) is 14.5. The van der Waals surface area contributed by atoms with Gasteiger partial charge in [-0.05, 0) is 49.4 Å². The van der Waals surface area contributed by atoms with E-state index in [1.165, 1.54) is 0 Å². The third kappa shape index (κ3) is 5.24. The molecule has 1 atom stereocenters. The van der Waals surface area contributed by atoms with E-state index in [9.17, 15) is 4.79 Å². The molecular weight excluding hydrogens is 286 g/mol. The van der Waals surface area contributed by atoms with Crippen LogP contribution >= 0.6 is 11.6 Å². The number of rotatable bonds is 6. The van der Waals surface area contributed by atoms with Crippen molar-refractivity contribution in [2.75, 3.05) is 0 Å². The van der Waals surface area contributed by atoms with Gasteiger partial charge in [0, 0.05) is 11.1 Å². The van der Waals surface area contributed by atoms with Crippen molar-refractivity contribution < 1.29 is 9.53 Å². The Hall–Kier alpha value is -1.22. The molecule has 1 amide bonds. The van der Waals surface area contributed by atoms with Crippen LogP contribution in [0.5, 0.6) is 5.75 Å². The smallest absolute Gasteiger partial charge is 0.261 e. The quantitative estimate of drug-likeness (QED) is 0.854. The Kier molecular flexibility index (Phi) is 6.53. The predicted molar refractivity (Wildman–Crippen MR) is 87.9 cm³/mol. The summed E-state index contributed by atoms with van der Waals surface area (Å²) in [4.78, 5) is 12.3. The van der Waals surface area contributed by atoms with Crippen molar-refractivity contribution in [2.45, 2.75) is 53.7 Å². The summed E-state index contributed by atoms with van der Waals surface area (Å²) in [5.74, 6) is 1.35. The third-order valence-corrected chi connectivity index (χ3v) is 3.98. The number of carbonyl (C=O) groups is 1. The van der Waals surface area contributed by atoms with Gasteiger partial charge >= 0.3 is 0 Å². The van der Waals surface area contributed by atoms with E-state index in [4.69, 9.17) is 16.3 Å². The fourth-order valence-electron chi connectivity index (χ4n) is 2.33. The van der Waals surface area contributed by atoms with E-state index in [1.807, 2.05) is 13.0 Å². The molecule has 0 bridgehead atoms. The van der Waals surface area contributed by atoms with Gasteiger partial charge in [-0.25, -0.2) is 0 Å². The van der Waals surface area contributed by atoms with Crippen molar-refractivity contribution in [3.8, 4) is 5.75 Å². The molecule has 0 heterocycles. The molecule has 0 aliphatic heterocycles. The molecule has 21 heavy (non-hydrogen) atoms. The van der Waals surface area contributed by atoms with Crippen molar-refractivity contribution in [2.24, 2.45) is 11.8 Å². The van der Waals surface area contributed by atoms with Gasteiger partial charge in [0.05, 0.1) is 0 Å². The lowest BCUT2D eigenvalue weighted by atomic mass is 9.93. The molecule has 0 unspecified atom stereocenters. The minimum Gasteiger partial charge on any atom is -0.481 e. The van der Waals surface area contributed by atoms with E-state index < -0.39 is 6.10 Å². The van der Waals surface area contributed by atoms with Gasteiger partial charge in [0.2, 0.25) is 0 Å². The number of hydrogen-bond donors (Lipinski definition) is 1. The molecule has 3 nitrogen and oxygen atoms in total. The molecular formula is C17H26ClNO2. The van der Waals surface area contributed by atoms with E-state index in [-0.39, 0.29) is 11.9 Å². The van der Waals surface area contributed by atoms with Gasteiger partial charge in [-0.1, -0.05) is 39.3 Å². The minimum atomic E-state index is -0.537. The highest BCUT2D eigenvalue weighted by Gasteiger charge is 2.23. The van der Waals surface area contributed by atoms with Gasteiger partial charge < -0.3 is 10.1 Å². The van der Waals surface area contributed by atoms with Crippen LogP contribution in [0.3, 0.4) is 0 Å². The molecule has 1 aromatic rings. The van der Waals surface area contributed by atoms with E-state index in [1.54, 1.807) is 19.1 Å². The molecule has 0 spiro atoms. The number of aryl methyl sites for hydroxylation is 1. The number of halogens is 1. The normalized spacial score (nSPS) is 12.9. The van der Waals surface area contributed by atoms with Crippen molar-refractivity contribution in [1.82, 2.24) is 5.32 Å². The summed E-state index contributed by atoms with van der Waals surface area (Å²) < 4.78 is 5.70. The van der Waals surface area contributed by atoms with E-state index in [0.717, 1.165) is 5.56 Å². The van der Waals surface area contributed by atoms with Crippen LogP contribution in [-0.4, -0.2) is 18.1 Å². The largest absolute Gasteiger partial charge is 0.481 e. The topological polar surface area (TPSA) is 38.3 Å². The Morgan fingerprint density at radius 3 is 2.19 bits per heavy atom. The first-order valence-corrected chi connectivity index (χ1v) is 7.83. The molecule has 0 aromatic heterocycles. The number of hydrogen-bond acceptors (Lipinski definition) is 2. The Labute approximate surface area is 133 Å². The van der Waals surface area contributed by atoms with Crippen LogP contribution in [0.2, 0.25) is 5.02 Å². The maximum Gasteiger partial charge on any atom is 0.261 e. The number of ether oxygens (including phenoxy) is 1. The van der Waals surface area contributed by atoms with Crippen LogP contribution in [0.1, 0.15) is 40.2 Å². The second-order valence-electron chi connectivity index (χ2n) is 6.19. The third-order valence-electron chi connectivity index (χ3n) is 3.56. The highest BCUT2D eigenvalue weighted by molar-refractivity contribution is 6.31. The Morgan fingerprint density at radius 2 is 1.71 bits per heavy atom. The fraction of sp³-hybridized carbons (Fsp3) is 0.588. The summed E-state index contributed by atoms with van der Waals surface area (Å²) in [6.45, 7) is 12.1.